The molecule has 0 spiro atoms. The maximum atomic E-state index is 8.91. The SMILES string of the molecule is CCC1CCC(N(C)CC(N)CO)CC1. The van der Waals surface area contributed by atoms with E-state index in [0.717, 1.165) is 12.5 Å². The number of likely N-dealkylation sites (N-methyl/N-ethyl adjacent to an activating group) is 1. The first-order valence-corrected chi connectivity index (χ1v) is 6.24. The predicted octanol–water partition coefficient (Wildman–Crippen LogP) is 1.21. The molecule has 0 heterocycles. The largest absolute Gasteiger partial charge is 0.395 e. The zero-order chi connectivity index (χ0) is 11.3. The highest BCUT2D eigenvalue weighted by Crippen LogP contribution is 2.28. The van der Waals surface area contributed by atoms with Gasteiger partial charge in [-0.2, -0.15) is 0 Å². The number of hydrogen-bond acceptors (Lipinski definition) is 3. The van der Waals surface area contributed by atoms with Crippen molar-refractivity contribution < 1.29 is 5.11 Å². The molecule has 3 heteroatoms. The van der Waals surface area contributed by atoms with E-state index in [-0.39, 0.29) is 12.6 Å². The monoisotopic (exact) mass is 214 g/mol. The Balaban J connectivity index is 2.26. The van der Waals surface area contributed by atoms with E-state index in [4.69, 9.17) is 10.8 Å². The molecule has 3 N–H and O–H groups in total. The van der Waals surface area contributed by atoms with Gasteiger partial charge in [-0.3, -0.25) is 0 Å². The van der Waals surface area contributed by atoms with E-state index in [2.05, 4.69) is 18.9 Å². The van der Waals surface area contributed by atoms with Crippen LogP contribution in [-0.2, 0) is 0 Å². The number of rotatable bonds is 5. The number of nitrogens with zero attached hydrogens (tertiary/aromatic N) is 1. The van der Waals surface area contributed by atoms with Crippen molar-refractivity contribution in [2.75, 3.05) is 20.2 Å². The third-order valence-electron chi connectivity index (χ3n) is 3.77. The van der Waals surface area contributed by atoms with Crippen LogP contribution >= 0.6 is 0 Å². The van der Waals surface area contributed by atoms with Gasteiger partial charge in [0.1, 0.15) is 0 Å². The quantitative estimate of drug-likeness (QED) is 0.723. The lowest BCUT2D eigenvalue weighted by atomic mass is 9.84. The van der Waals surface area contributed by atoms with Gasteiger partial charge >= 0.3 is 0 Å². The van der Waals surface area contributed by atoms with Crippen LogP contribution in [0.4, 0.5) is 0 Å². The molecule has 1 unspecified atom stereocenters. The summed E-state index contributed by atoms with van der Waals surface area (Å²) in [5.41, 5.74) is 5.74. The molecule has 1 fully saturated rings. The second-order valence-corrected chi connectivity index (χ2v) is 4.97. The smallest absolute Gasteiger partial charge is 0.0595 e. The van der Waals surface area contributed by atoms with Gasteiger partial charge in [-0.25, -0.2) is 0 Å². The number of aliphatic hydroxyl groups excluding tert-OH is 1. The fourth-order valence-electron chi connectivity index (χ4n) is 2.57. The molecule has 0 aliphatic heterocycles. The Morgan fingerprint density at radius 1 is 1.33 bits per heavy atom. The van der Waals surface area contributed by atoms with Crippen LogP contribution in [0.25, 0.3) is 0 Å². The van der Waals surface area contributed by atoms with Crippen molar-refractivity contribution in [3.63, 3.8) is 0 Å². The van der Waals surface area contributed by atoms with Crippen molar-refractivity contribution in [1.29, 1.82) is 0 Å². The van der Waals surface area contributed by atoms with E-state index in [1.54, 1.807) is 0 Å². The lowest BCUT2D eigenvalue weighted by molar-refractivity contribution is 0.141. The summed E-state index contributed by atoms with van der Waals surface area (Å²) in [6.45, 7) is 3.20. The Morgan fingerprint density at radius 3 is 2.40 bits per heavy atom. The molecule has 0 amide bonds. The van der Waals surface area contributed by atoms with Crippen molar-refractivity contribution in [3.05, 3.63) is 0 Å². The minimum absolute atomic E-state index is 0.0844. The van der Waals surface area contributed by atoms with E-state index >= 15 is 0 Å². The van der Waals surface area contributed by atoms with Crippen molar-refractivity contribution in [1.82, 2.24) is 4.90 Å². The van der Waals surface area contributed by atoms with Crippen LogP contribution in [0.5, 0.6) is 0 Å². The first-order chi connectivity index (χ1) is 7.17. The summed E-state index contributed by atoms with van der Waals surface area (Å²) in [4.78, 5) is 2.33. The van der Waals surface area contributed by atoms with Crippen LogP contribution in [0.3, 0.4) is 0 Å². The maximum Gasteiger partial charge on any atom is 0.0595 e. The van der Waals surface area contributed by atoms with E-state index in [1.807, 2.05) is 0 Å². The highest BCUT2D eigenvalue weighted by Gasteiger charge is 2.23. The summed E-state index contributed by atoms with van der Waals surface area (Å²) in [6.07, 6.45) is 6.65. The van der Waals surface area contributed by atoms with Gasteiger partial charge < -0.3 is 15.7 Å². The Morgan fingerprint density at radius 2 is 1.93 bits per heavy atom. The average molecular weight is 214 g/mol. The van der Waals surface area contributed by atoms with E-state index in [9.17, 15) is 0 Å². The fourth-order valence-corrected chi connectivity index (χ4v) is 2.57. The standard InChI is InChI=1S/C12H26N2O/c1-3-10-4-6-12(7-5-10)14(2)8-11(13)9-15/h10-12,15H,3-9,13H2,1-2H3. The zero-order valence-corrected chi connectivity index (χ0v) is 10.2. The molecular weight excluding hydrogens is 188 g/mol. The first-order valence-electron chi connectivity index (χ1n) is 6.24. The molecule has 1 aliphatic rings. The molecule has 1 saturated carbocycles. The van der Waals surface area contributed by atoms with Gasteiger partial charge in [0.2, 0.25) is 0 Å². The summed E-state index contributed by atoms with van der Waals surface area (Å²) in [7, 11) is 2.13. The molecular formula is C12H26N2O. The van der Waals surface area contributed by atoms with Crippen LogP contribution in [0, 0.1) is 5.92 Å². The summed E-state index contributed by atoms with van der Waals surface area (Å²) >= 11 is 0. The molecule has 1 rings (SSSR count). The number of hydrogen-bond donors (Lipinski definition) is 2. The Labute approximate surface area is 93.6 Å². The Kier molecular flexibility index (Phi) is 5.58. The molecule has 15 heavy (non-hydrogen) atoms. The Bertz CT molecular complexity index is 167. The molecule has 0 aromatic heterocycles. The second-order valence-electron chi connectivity index (χ2n) is 4.97. The zero-order valence-electron chi connectivity index (χ0n) is 10.2. The first kappa shape index (κ1) is 12.9. The molecule has 0 saturated heterocycles. The van der Waals surface area contributed by atoms with Gasteiger partial charge in [-0.1, -0.05) is 13.3 Å². The fraction of sp³-hybridized carbons (Fsp3) is 1.00. The minimum atomic E-state index is -0.0844. The Hall–Kier alpha value is -0.120. The normalized spacial score (nSPS) is 29.4. The predicted molar refractivity (Wildman–Crippen MR) is 63.7 cm³/mol. The van der Waals surface area contributed by atoms with Gasteiger partial charge in [-0.15, -0.1) is 0 Å². The maximum absolute atomic E-state index is 8.91. The topological polar surface area (TPSA) is 49.5 Å². The average Bonchev–Trinajstić information content (AvgIpc) is 2.29. The van der Waals surface area contributed by atoms with Gasteiger partial charge in [0, 0.05) is 18.6 Å². The lowest BCUT2D eigenvalue weighted by Gasteiger charge is -2.35. The summed E-state index contributed by atoms with van der Waals surface area (Å²) in [6, 6.07) is 0.601. The molecule has 0 aromatic carbocycles. The van der Waals surface area contributed by atoms with Crippen LogP contribution in [0.2, 0.25) is 0 Å². The van der Waals surface area contributed by atoms with E-state index in [0.29, 0.717) is 6.04 Å². The second kappa shape index (κ2) is 6.46. The lowest BCUT2D eigenvalue weighted by Crippen LogP contribution is -2.44. The van der Waals surface area contributed by atoms with Crippen molar-refractivity contribution in [2.45, 2.75) is 51.1 Å². The summed E-state index contributed by atoms with van der Waals surface area (Å²) < 4.78 is 0. The van der Waals surface area contributed by atoms with Crippen LogP contribution in [0.15, 0.2) is 0 Å². The number of nitrogens with two attached hydrogens (primary N) is 1. The third-order valence-corrected chi connectivity index (χ3v) is 3.77. The molecule has 1 atom stereocenters. The minimum Gasteiger partial charge on any atom is -0.395 e. The molecule has 0 aromatic rings. The van der Waals surface area contributed by atoms with Crippen molar-refractivity contribution in [3.8, 4) is 0 Å². The van der Waals surface area contributed by atoms with Gasteiger partial charge in [0.15, 0.2) is 0 Å². The highest BCUT2D eigenvalue weighted by atomic mass is 16.3. The molecule has 0 bridgehead atoms. The molecule has 90 valence electrons. The van der Waals surface area contributed by atoms with Gasteiger partial charge in [0.05, 0.1) is 6.61 Å². The van der Waals surface area contributed by atoms with Crippen molar-refractivity contribution in [2.24, 2.45) is 11.7 Å². The summed E-state index contributed by atoms with van der Waals surface area (Å²) in [5, 5.41) is 8.91. The third kappa shape index (κ3) is 4.09. The number of aliphatic hydroxyl groups is 1. The van der Waals surface area contributed by atoms with Crippen molar-refractivity contribution >= 4 is 0 Å². The van der Waals surface area contributed by atoms with Gasteiger partial charge in [-0.05, 0) is 38.6 Å². The van der Waals surface area contributed by atoms with Crippen LogP contribution < -0.4 is 5.73 Å². The molecule has 0 radical (unpaired) electrons. The summed E-state index contributed by atoms with van der Waals surface area (Å²) in [5.74, 6) is 0.946. The highest BCUT2D eigenvalue weighted by molar-refractivity contribution is 4.79. The van der Waals surface area contributed by atoms with E-state index < -0.39 is 0 Å². The van der Waals surface area contributed by atoms with E-state index in [1.165, 1.54) is 32.1 Å². The van der Waals surface area contributed by atoms with Gasteiger partial charge in [0.25, 0.3) is 0 Å². The van der Waals surface area contributed by atoms with Crippen LogP contribution in [-0.4, -0.2) is 42.3 Å². The molecule has 3 nitrogen and oxygen atoms in total. The molecule has 1 aliphatic carbocycles. The van der Waals surface area contributed by atoms with Crippen LogP contribution in [0.1, 0.15) is 39.0 Å².